The monoisotopic (exact) mass is 473 g/mol. The van der Waals surface area contributed by atoms with Crippen LogP contribution in [0, 0.1) is 13.8 Å². The van der Waals surface area contributed by atoms with Gasteiger partial charge >= 0.3 is 0 Å². The van der Waals surface area contributed by atoms with Crippen LogP contribution in [0.3, 0.4) is 0 Å². The van der Waals surface area contributed by atoms with Crippen molar-refractivity contribution in [2.75, 3.05) is 17.7 Å². The Labute approximate surface area is 202 Å². The van der Waals surface area contributed by atoms with Crippen LogP contribution in [-0.4, -0.2) is 24.0 Å². The maximum absolute atomic E-state index is 12.7. The van der Waals surface area contributed by atoms with Crippen molar-refractivity contribution >= 4 is 51.5 Å². The van der Waals surface area contributed by atoms with E-state index in [2.05, 4.69) is 16.0 Å². The van der Waals surface area contributed by atoms with E-state index in [4.69, 9.17) is 21.4 Å². The van der Waals surface area contributed by atoms with Gasteiger partial charge in [-0.1, -0.05) is 35.4 Å². The molecule has 1 heterocycles. The summed E-state index contributed by atoms with van der Waals surface area (Å²) in [6.07, 6.45) is 0. The number of methoxy groups -OCH3 is 1. The normalized spacial score (nSPS) is 10.6. The van der Waals surface area contributed by atoms with Gasteiger partial charge in [0.2, 0.25) is 0 Å². The number of hydrogen-bond acceptors (Lipinski definition) is 5. The van der Waals surface area contributed by atoms with Crippen molar-refractivity contribution in [2.24, 2.45) is 0 Å². The quantitative estimate of drug-likeness (QED) is 0.335. The summed E-state index contributed by atoms with van der Waals surface area (Å²) < 4.78 is 11.0. The molecule has 34 heavy (non-hydrogen) atoms. The predicted molar refractivity (Wildman–Crippen MR) is 137 cm³/mol. The smallest absolute Gasteiger partial charge is 0.291 e. The number of fused-ring (bicyclic) bond motifs is 1. The molecule has 0 saturated heterocycles. The van der Waals surface area contributed by atoms with Crippen molar-refractivity contribution in [1.82, 2.24) is 5.32 Å². The van der Waals surface area contributed by atoms with Gasteiger partial charge in [-0.2, -0.15) is 0 Å². The zero-order valence-electron chi connectivity index (χ0n) is 18.9. The predicted octanol–water partition coefficient (Wildman–Crippen LogP) is 5.44. The Bertz CT molecular complexity index is 1360. The Morgan fingerprint density at radius 3 is 2.32 bits per heavy atom. The third kappa shape index (κ3) is 5.24. The second-order valence-corrected chi connectivity index (χ2v) is 8.21. The highest BCUT2D eigenvalue weighted by molar-refractivity contribution is 7.80. The lowest BCUT2D eigenvalue weighted by Gasteiger charge is -2.14. The molecule has 4 rings (SSSR count). The van der Waals surface area contributed by atoms with Crippen LogP contribution in [0.5, 0.6) is 5.75 Å². The molecular weight excluding hydrogens is 450 g/mol. The van der Waals surface area contributed by atoms with E-state index in [1.54, 1.807) is 42.5 Å². The Morgan fingerprint density at radius 2 is 1.62 bits per heavy atom. The Kier molecular flexibility index (Phi) is 6.60. The van der Waals surface area contributed by atoms with Crippen molar-refractivity contribution in [3.05, 3.63) is 89.2 Å². The van der Waals surface area contributed by atoms with Gasteiger partial charge in [0, 0.05) is 22.7 Å². The number of furan rings is 1. The number of carbonyl (C=O) groups excluding carboxylic acids is 2. The molecule has 0 bridgehead atoms. The van der Waals surface area contributed by atoms with Crippen LogP contribution < -0.4 is 20.7 Å². The van der Waals surface area contributed by atoms with Gasteiger partial charge < -0.3 is 19.8 Å². The average molecular weight is 474 g/mol. The second kappa shape index (κ2) is 9.76. The second-order valence-electron chi connectivity index (χ2n) is 7.80. The van der Waals surface area contributed by atoms with Gasteiger partial charge in [0.15, 0.2) is 10.9 Å². The summed E-state index contributed by atoms with van der Waals surface area (Å²) in [5.41, 5.74) is 4.20. The van der Waals surface area contributed by atoms with Crippen LogP contribution in [-0.2, 0) is 0 Å². The number of thiocarbonyl (C=S) groups is 1. The number of ether oxygens (including phenoxy) is 1. The van der Waals surface area contributed by atoms with Crippen molar-refractivity contribution in [1.29, 1.82) is 0 Å². The van der Waals surface area contributed by atoms with E-state index < -0.39 is 5.91 Å². The van der Waals surface area contributed by atoms with E-state index in [-0.39, 0.29) is 16.8 Å². The van der Waals surface area contributed by atoms with Gasteiger partial charge in [0.05, 0.1) is 12.8 Å². The number of aryl methyl sites for hydroxylation is 2. The van der Waals surface area contributed by atoms with Crippen LogP contribution in [0.2, 0.25) is 0 Å². The van der Waals surface area contributed by atoms with Gasteiger partial charge in [-0.3, -0.25) is 14.9 Å². The third-order valence-corrected chi connectivity index (χ3v) is 5.27. The number of rotatable bonds is 5. The maximum atomic E-state index is 12.7. The van der Waals surface area contributed by atoms with Gasteiger partial charge in [-0.05, 0) is 62.5 Å². The highest BCUT2D eigenvalue weighted by atomic mass is 32.1. The molecule has 8 heteroatoms. The minimum Gasteiger partial charge on any atom is -0.494 e. The van der Waals surface area contributed by atoms with Crippen molar-refractivity contribution in [3.8, 4) is 5.75 Å². The molecule has 0 aliphatic rings. The van der Waals surface area contributed by atoms with Gasteiger partial charge in [0.1, 0.15) is 11.3 Å². The van der Waals surface area contributed by atoms with E-state index in [9.17, 15) is 9.59 Å². The number of benzene rings is 3. The first kappa shape index (κ1) is 23.0. The van der Waals surface area contributed by atoms with E-state index in [1.165, 1.54) is 7.11 Å². The first-order valence-electron chi connectivity index (χ1n) is 10.5. The lowest BCUT2D eigenvalue weighted by atomic mass is 10.1. The summed E-state index contributed by atoms with van der Waals surface area (Å²) in [5, 5.41) is 9.42. The largest absolute Gasteiger partial charge is 0.494 e. The van der Waals surface area contributed by atoms with E-state index in [0.717, 1.165) is 16.5 Å². The molecule has 0 atom stereocenters. The van der Waals surface area contributed by atoms with E-state index >= 15 is 0 Å². The standard InChI is InChI=1S/C26H23N3O4S/c1-15-10-16(2)12-18(11-15)24(30)29-26(34)27-19-8-9-20(22(14-19)32-3)28-25(31)23-13-17-6-4-5-7-21(17)33-23/h4-14H,1-3H3,(H,28,31)(H2,27,29,30,34). The topological polar surface area (TPSA) is 92.6 Å². The fraction of sp³-hybridized carbons (Fsp3) is 0.115. The molecule has 2 amide bonds. The molecule has 172 valence electrons. The third-order valence-electron chi connectivity index (χ3n) is 5.07. The summed E-state index contributed by atoms with van der Waals surface area (Å²) in [5.74, 6) is -0.0870. The zero-order valence-corrected chi connectivity index (χ0v) is 19.7. The molecule has 3 N–H and O–H groups in total. The van der Waals surface area contributed by atoms with Crippen LogP contribution in [0.4, 0.5) is 11.4 Å². The summed E-state index contributed by atoms with van der Waals surface area (Å²) in [7, 11) is 1.50. The molecular formula is C26H23N3O4S. The highest BCUT2D eigenvalue weighted by Gasteiger charge is 2.15. The molecule has 0 unspecified atom stereocenters. The summed E-state index contributed by atoms with van der Waals surface area (Å²) in [6.45, 7) is 3.86. The summed E-state index contributed by atoms with van der Waals surface area (Å²) in [6, 6.07) is 19.7. The SMILES string of the molecule is COc1cc(NC(=S)NC(=O)c2cc(C)cc(C)c2)ccc1NC(=O)c1cc2ccccc2o1. The van der Waals surface area contributed by atoms with Crippen molar-refractivity contribution in [3.63, 3.8) is 0 Å². The fourth-order valence-corrected chi connectivity index (χ4v) is 3.80. The number of para-hydroxylation sites is 1. The highest BCUT2D eigenvalue weighted by Crippen LogP contribution is 2.29. The Hall–Kier alpha value is -4.17. The number of anilines is 2. The van der Waals surface area contributed by atoms with Crippen LogP contribution in [0.25, 0.3) is 11.0 Å². The number of carbonyl (C=O) groups is 2. The number of nitrogens with one attached hydrogen (secondary N) is 3. The first-order chi connectivity index (χ1) is 16.3. The van der Waals surface area contributed by atoms with Crippen molar-refractivity contribution < 1.29 is 18.7 Å². The molecule has 0 radical (unpaired) electrons. The summed E-state index contributed by atoms with van der Waals surface area (Å²) in [4.78, 5) is 25.2. The van der Waals surface area contributed by atoms with Crippen LogP contribution in [0.1, 0.15) is 32.0 Å². The molecule has 0 aliphatic carbocycles. The number of hydrogen-bond donors (Lipinski definition) is 3. The Morgan fingerprint density at radius 1 is 0.882 bits per heavy atom. The molecule has 3 aromatic carbocycles. The first-order valence-corrected chi connectivity index (χ1v) is 10.9. The fourth-order valence-electron chi connectivity index (χ4n) is 3.59. The lowest BCUT2D eigenvalue weighted by Crippen LogP contribution is -2.34. The van der Waals surface area contributed by atoms with Crippen molar-refractivity contribution in [2.45, 2.75) is 13.8 Å². The molecule has 7 nitrogen and oxygen atoms in total. The van der Waals surface area contributed by atoms with E-state index in [0.29, 0.717) is 28.3 Å². The minimum atomic E-state index is -0.397. The lowest BCUT2D eigenvalue weighted by molar-refractivity contribution is 0.0975. The number of amides is 2. The molecule has 0 aliphatic heterocycles. The van der Waals surface area contributed by atoms with Gasteiger partial charge in [-0.25, -0.2) is 0 Å². The van der Waals surface area contributed by atoms with Crippen LogP contribution >= 0.6 is 12.2 Å². The van der Waals surface area contributed by atoms with E-state index in [1.807, 2.05) is 38.1 Å². The maximum Gasteiger partial charge on any atom is 0.291 e. The minimum absolute atomic E-state index is 0.144. The average Bonchev–Trinajstić information content (AvgIpc) is 3.24. The molecule has 0 saturated carbocycles. The molecule has 0 fully saturated rings. The molecule has 4 aromatic rings. The van der Waals surface area contributed by atoms with Crippen LogP contribution in [0.15, 0.2) is 71.1 Å². The molecule has 0 spiro atoms. The molecule has 1 aromatic heterocycles. The van der Waals surface area contributed by atoms with Gasteiger partial charge in [0.25, 0.3) is 11.8 Å². The van der Waals surface area contributed by atoms with Gasteiger partial charge in [-0.15, -0.1) is 0 Å². The summed E-state index contributed by atoms with van der Waals surface area (Å²) >= 11 is 5.29. The Balaban J connectivity index is 1.43. The zero-order chi connectivity index (χ0) is 24.2.